The van der Waals surface area contributed by atoms with Gasteiger partial charge in [0, 0.05) is 0 Å². The van der Waals surface area contributed by atoms with Gasteiger partial charge < -0.3 is 42.3 Å². The van der Waals surface area contributed by atoms with Crippen LogP contribution < -0.4 is 0 Å². The normalized spacial score (nSPS) is 11.2. The van der Waals surface area contributed by atoms with Crippen LogP contribution in [-0.4, -0.2) is 44.7 Å². The van der Waals surface area contributed by atoms with Gasteiger partial charge in [-0.05, 0) is 0 Å². The zero-order valence-electron chi connectivity index (χ0n) is 6.77. The minimum atomic E-state index is -6.83. The summed E-state index contributed by atoms with van der Waals surface area (Å²) in [6, 6.07) is 0. The van der Waals surface area contributed by atoms with Crippen molar-refractivity contribution < 1.29 is 84.0 Å². The molecule has 0 nitrogen and oxygen atoms in total. The van der Waals surface area contributed by atoms with E-state index in [4.69, 9.17) is 0 Å². The van der Waals surface area contributed by atoms with E-state index in [1.165, 1.54) is 0 Å². The third-order valence-corrected chi connectivity index (χ3v) is 0. The van der Waals surface area contributed by atoms with Crippen molar-refractivity contribution in [3.05, 3.63) is 0 Å². The number of rotatable bonds is 0. The Morgan fingerprint density at radius 3 is 0.312 bits per heavy atom. The summed E-state index contributed by atoms with van der Waals surface area (Å²) in [5, 5.41) is 0. The summed E-state index contributed by atoms with van der Waals surface area (Å²) in [6.07, 6.45) is 0. The van der Waals surface area contributed by atoms with E-state index in [0.29, 0.717) is 0 Å². The Kier molecular flexibility index (Phi) is 18.3. The van der Waals surface area contributed by atoms with Crippen LogP contribution in [-0.2, 0) is 0 Å². The first-order chi connectivity index (χ1) is 6.00. The van der Waals surface area contributed by atoms with E-state index in [-0.39, 0.29) is 41.7 Å². The largest absolute Gasteiger partial charge is 3.00 e. The summed E-state index contributed by atoms with van der Waals surface area (Å²) >= 11 is -20.5. The van der Waals surface area contributed by atoms with Crippen molar-refractivity contribution in [2.24, 2.45) is 0 Å². The van der Waals surface area contributed by atoms with Crippen LogP contribution >= 0.6 is 0 Å². The minimum absolute atomic E-state index is 0. The fraction of sp³-hybridized carbons (Fsp3) is 0. The van der Waals surface area contributed by atoms with Gasteiger partial charge in [0.1, 0.15) is 0 Å². The van der Waals surface area contributed by atoms with E-state index in [1.807, 2.05) is 0 Å². The summed E-state index contributed by atoms with van der Waals surface area (Å²) in [6.45, 7) is 0. The van der Waals surface area contributed by atoms with Crippen molar-refractivity contribution in [1.29, 1.82) is 0 Å². The monoisotopic (exact) mass is 449 g/mol. The van der Waals surface area contributed by atoms with Gasteiger partial charge in [-0.3, -0.25) is 0 Å². The molecule has 97 valence electrons. The van der Waals surface area contributed by atoms with E-state index in [9.17, 15) is 42.3 Å². The molecule has 0 amide bonds. The van der Waals surface area contributed by atoms with Crippen LogP contribution in [0, 0.1) is 41.7 Å². The Morgan fingerprint density at radius 1 is 0.312 bits per heavy atom. The van der Waals surface area contributed by atoms with Gasteiger partial charge in [-0.15, -0.1) is 0 Å². The average Bonchev–Trinajstić information content (AvgIpc) is 1.41. The Morgan fingerprint density at radius 2 is 0.312 bits per heavy atom. The molecule has 0 saturated carbocycles. The van der Waals surface area contributed by atoms with Crippen LogP contribution in [0.1, 0.15) is 0 Å². The summed E-state index contributed by atoms with van der Waals surface area (Å²) in [5.74, 6) is 0. The molecule has 1 radical (unpaired) electrons. The van der Waals surface area contributed by atoms with Gasteiger partial charge in [0.15, 0.2) is 0 Å². The van der Waals surface area contributed by atoms with Crippen molar-refractivity contribution in [2.45, 2.75) is 0 Å². The van der Waals surface area contributed by atoms with Crippen LogP contribution in [0.5, 0.6) is 0 Å². The molecule has 0 aliphatic carbocycles. The van der Waals surface area contributed by atoms with Crippen LogP contribution in [0.15, 0.2) is 0 Å². The van der Waals surface area contributed by atoms with E-state index in [1.54, 1.807) is 0 Å². The molecule has 0 fully saturated rings. The number of hydrogen-bond acceptors (Lipinski definition) is 0. The molecule has 0 bridgehead atoms. The summed E-state index contributed by atoms with van der Waals surface area (Å²) in [4.78, 5) is 0. The molecule has 0 aromatic carbocycles. The summed E-state index contributed by atoms with van der Waals surface area (Å²) < 4.78 is 118. The van der Waals surface area contributed by atoms with Crippen molar-refractivity contribution in [2.75, 3.05) is 0 Å². The Hall–Kier alpha value is 2.13. The van der Waals surface area contributed by atoms with Gasteiger partial charge in [-0.1, -0.05) is 0 Å². The molecular formula is Al3CeF12. The Bertz CT molecular complexity index is 91.3. The Balaban J connectivity index is -0.0000000655. The van der Waals surface area contributed by atoms with Crippen molar-refractivity contribution in [3.8, 4) is 0 Å². The first kappa shape index (κ1) is 26.6. The topological polar surface area (TPSA) is 0 Å². The predicted octanol–water partition coefficient (Wildman–Crippen LogP) is 3.90. The van der Waals surface area contributed by atoms with Gasteiger partial charge >= 0.3 is 86.5 Å². The van der Waals surface area contributed by atoms with Crippen LogP contribution in [0.4, 0.5) is 42.3 Å². The molecule has 0 heterocycles. The van der Waals surface area contributed by atoms with E-state index in [0.717, 1.165) is 0 Å². The molecule has 0 unspecified atom stereocenters. The maximum Gasteiger partial charge on any atom is 3.00 e. The summed E-state index contributed by atoms with van der Waals surface area (Å²) in [5.41, 5.74) is 0. The molecule has 0 aromatic heterocycles. The smallest absolute Gasteiger partial charge is 0.510 e. The number of halogens is 12. The molecule has 0 aliphatic heterocycles. The molecule has 0 rings (SSSR count). The van der Waals surface area contributed by atoms with Gasteiger partial charge in [-0.2, -0.15) is 0 Å². The third kappa shape index (κ3) is 811. The summed E-state index contributed by atoms with van der Waals surface area (Å²) in [7, 11) is 0. The molecule has 0 spiro atoms. The van der Waals surface area contributed by atoms with Gasteiger partial charge in [0.2, 0.25) is 0 Å². The van der Waals surface area contributed by atoms with Crippen LogP contribution in [0.2, 0.25) is 0 Å². The van der Waals surface area contributed by atoms with Gasteiger partial charge in [0.25, 0.3) is 0 Å². The first-order valence-electron chi connectivity index (χ1n) is 2.62. The molecular weight excluding hydrogens is 449 g/mol. The van der Waals surface area contributed by atoms with Crippen molar-refractivity contribution in [3.63, 3.8) is 0 Å². The molecule has 0 aliphatic rings. The fourth-order valence-electron chi connectivity index (χ4n) is 0. The van der Waals surface area contributed by atoms with Gasteiger partial charge in [-0.25, -0.2) is 0 Å². The molecule has 0 atom stereocenters. The quantitative estimate of drug-likeness (QED) is 0.389. The second-order valence-electron chi connectivity index (χ2n) is 1.48. The van der Waals surface area contributed by atoms with Gasteiger partial charge in [0.05, 0.1) is 0 Å². The molecule has 0 saturated heterocycles. The predicted molar refractivity (Wildman–Crippen MR) is 30.6 cm³/mol. The molecule has 0 aromatic rings. The fourth-order valence-corrected chi connectivity index (χ4v) is 0. The number of hydrogen-bond donors (Lipinski definition) is 0. The SMILES string of the molecule is [Ce+3].[F][Al-]([F])([F])[F].[F][Al-]([F])([F])[F].[F][Al-]([F])([F])[F]. The standard InChI is InChI=1S/3Al.Ce.12FH/h;;;;12*1H/q4*+3;;;;;;;;;;;;/p-12. The minimum Gasteiger partial charge on any atom is -0.510 e. The molecule has 16 heavy (non-hydrogen) atoms. The maximum atomic E-state index is 9.85. The second-order valence-corrected chi connectivity index (χ2v) is 4.45. The zero-order chi connectivity index (χ0) is 13.5. The van der Waals surface area contributed by atoms with E-state index >= 15 is 0 Å². The Labute approximate surface area is 127 Å². The average molecular weight is 449 g/mol. The second kappa shape index (κ2) is 11.0. The van der Waals surface area contributed by atoms with Crippen LogP contribution in [0.25, 0.3) is 0 Å². The third-order valence-electron chi connectivity index (χ3n) is 0. The van der Waals surface area contributed by atoms with Crippen molar-refractivity contribution in [1.82, 2.24) is 0 Å². The van der Waals surface area contributed by atoms with Crippen LogP contribution in [0.3, 0.4) is 0 Å². The van der Waals surface area contributed by atoms with E-state index in [2.05, 4.69) is 0 Å². The van der Waals surface area contributed by atoms with E-state index < -0.39 is 44.7 Å². The van der Waals surface area contributed by atoms with Crippen molar-refractivity contribution >= 4 is 44.7 Å². The molecule has 16 heteroatoms. The zero-order valence-corrected chi connectivity index (χ0v) is 13.4. The maximum absolute atomic E-state index is 9.85. The molecule has 0 N–H and O–H groups in total. The first-order valence-corrected chi connectivity index (χ1v) is 7.86.